The molecule has 8 heteroatoms. The molecule has 0 spiro atoms. The number of piperidine rings is 1. The van der Waals surface area contributed by atoms with Crippen LogP contribution in [0, 0.1) is 0 Å². The summed E-state index contributed by atoms with van der Waals surface area (Å²) in [5.41, 5.74) is 2.30. The summed E-state index contributed by atoms with van der Waals surface area (Å²) in [4.78, 5) is 17.6. The van der Waals surface area contributed by atoms with Gasteiger partial charge in [0.1, 0.15) is 6.04 Å². The first-order valence-electron chi connectivity index (χ1n) is 8.45. The zero-order valence-corrected chi connectivity index (χ0v) is 16.4. The Balaban J connectivity index is 2.04. The highest BCUT2D eigenvalue weighted by atomic mass is 32.2. The van der Waals surface area contributed by atoms with Gasteiger partial charge in [0.2, 0.25) is 10.0 Å². The van der Waals surface area contributed by atoms with Gasteiger partial charge in [0.25, 0.3) is 5.91 Å². The van der Waals surface area contributed by atoms with E-state index in [0.717, 1.165) is 35.7 Å². The summed E-state index contributed by atoms with van der Waals surface area (Å²) in [6, 6.07) is 5.43. The molecular weight excluding hydrogens is 358 g/mol. The highest BCUT2D eigenvalue weighted by Gasteiger charge is 2.34. The van der Waals surface area contributed by atoms with Gasteiger partial charge in [-0.25, -0.2) is 8.42 Å². The van der Waals surface area contributed by atoms with Crippen molar-refractivity contribution in [2.45, 2.75) is 38.6 Å². The lowest BCUT2D eigenvalue weighted by atomic mass is 10.0. The summed E-state index contributed by atoms with van der Waals surface area (Å²) in [6.45, 7) is 2.49. The minimum absolute atomic E-state index is 0.370. The Kier molecular flexibility index (Phi) is 5.13. The number of hydrogen-bond acceptors (Lipinski definition) is 4. The first-order valence-corrected chi connectivity index (χ1v) is 11.1. The highest BCUT2D eigenvalue weighted by Crippen LogP contribution is 2.23. The van der Waals surface area contributed by atoms with Crippen LogP contribution in [-0.4, -0.2) is 42.0 Å². The second-order valence-corrected chi connectivity index (χ2v) is 9.34. The van der Waals surface area contributed by atoms with E-state index in [9.17, 15) is 13.2 Å². The summed E-state index contributed by atoms with van der Waals surface area (Å²) in [5, 5.41) is 0. The molecule has 0 radical (unpaired) electrons. The number of para-hydroxylation sites is 1. The fourth-order valence-corrected chi connectivity index (χ4v) is 5.58. The molecule has 0 bridgehead atoms. The average Bonchev–Trinajstić information content (AvgIpc) is 2.90. The quantitative estimate of drug-likeness (QED) is 0.817. The van der Waals surface area contributed by atoms with Crippen molar-refractivity contribution in [3.05, 3.63) is 28.6 Å². The number of rotatable bonds is 3. The number of aryl methyl sites for hydroxylation is 2. The van der Waals surface area contributed by atoms with E-state index in [0.29, 0.717) is 17.8 Å². The van der Waals surface area contributed by atoms with Gasteiger partial charge in [-0.15, -0.1) is 0 Å². The first kappa shape index (κ1) is 18.3. The van der Waals surface area contributed by atoms with Crippen LogP contribution in [0.15, 0.2) is 23.2 Å². The largest absolute Gasteiger partial charge is 0.319 e. The second kappa shape index (κ2) is 7.01. The molecule has 1 fully saturated rings. The molecule has 0 saturated carbocycles. The summed E-state index contributed by atoms with van der Waals surface area (Å²) in [7, 11) is -1.51. The van der Waals surface area contributed by atoms with E-state index in [1.807, 2.05) is 23.7 Å². The molecule has 2 heterocycles. The molecule has 0 aliphatic carbocycles. The molecule has 1 amide bonds. The number of thiazole rings is 1. The second-order valence-electron chi connectivity index (χ2n) is 6.40. The van der Waals surface area contributed by atoms with E-state index in [2.05, 4.69) is 18.0 Å². The number of aromatic nitrogens is 1. The van der Waals surface area contributed by atoms with Crippen LogP contribution < -0.4 is 4.80 Å². The first-order chi connectivity index (χ1) is 11.8. The van der Waals surface area contributed by atoms with E-state index in [4.69, 9.17) is 0 Å². The number of nitrogens with zero attached hydrogens (tertiary/aromatic N) is 3. The zero-order chi connectivity index (χ0) is 18.2. The van der Waals surface area contributed by atoms with Crippen LogP contribution in [0.3, 0.4) is 0 Å². The topological polar surface area (TPSA) is 71.7 Å². The smallest absolute Gasteiger partial charge is 0.266 e. The molecular formula is C17H23N3O3S2. The van der Waals surface area contributed by atoms with E-state index >= 15 is 0 Å². The third-order valence-corrected chi connectivity index (χ3v) is 7.04. The maximum atomic E-state index is 12.7. The Labute approximate surface area is 151 Å². The summed E-state index contributed by atoms with van der Waals surface area (Å²) < 4.78 is 28.3. The Morgan fingerprint density at radius 2 is 2.12 bits per heavy atom. The third kappa shape index (κ3) is 3.56. The molecule has 6 nitrogen and oxygen atoms in total. The molecule has 25 heavy (non-hydrogen) atoms. The molecule has 136 valence electrons. The predicted octanol–water partition coefficient (Wildman–Crippen LogP) is 2.04. The highest BCUT2D eigenvalue weighted by molar-refractivity contribution is 7.88. The number of sulfonamides is 1. The normalized spacial score (nSPS) is 20.3. The molecule has 1 aliphatic rings. The van der Waals surface area contributed by atoms with Crippen LogP contribution in [0.2, 0.25) is 0 Å². The van der Waals surface area contributed by atoms with Crippen LogP contribution in [0.4, 0.5) is 0 Å². The van der Waals surface area contributed by atoms with Gasteiger partial charge < -0.3 is 4.57 Å². The van der Waals surface area contributed by atoms with Crippen LogP contribution >= 0.6 is 11.3 Å². The van der Waals surface area contributed by atoms with Gasteiger partial charge in [0.05, 0.1) is 16.5 Å². The third-order valence-electron chi connectivity index (χ3n) is 4.66. The lowest BCUT2D eigenvalue weighted by molar-refractivity contribution is -0.122. The van der Waals surface area contributed by atoms with Gasteiger partial charge in [0, 0.05) is 13.6 Å². The van der Waals surface area contributed by atoms with Crippen LogP contribution in [0.1, 0.15) is 31.7 Å². The van der Waals surface area contributed by atoms with E-state index in [-0.39, 0.29) is 5.91 Å². The van der Waals surface area contributed by atoms with Crippen molar-refractivity contribution in [3.8, 4) is 0 Å². The minimum atomic E-state index is -3.41. The van der Waals surface area contributed by atoms with Crippen molar-refractivity contribution in [1.82, 2.24) is 8.87 Å². The number of carbonyl (C=O) groups is 1. The number of benzene rings is 1. The molecule has 1 aliphatic heterocycles. The summed E-state index contributed by atoms with van der Waals surface area (Å²) in [6.07, 6.45) is 4.22. The number of fused-ring (bicyclic) bond motifs is 1. The molecule has 1 aromatic carbocycles. The van der Waals surface area contributed by atoms with Gasteiger partial charge in [0.15, 0.2) is 4.80 Å². The number of carbonyl (C=O) groups excluding carboxylic acids is 1. The lowest BCUT2D eigenvalue weighted by Crippen LogP contribution is -2.47. The molecule has 1 saturated heterocycles. The van der Waals surface area contributed by atoms with Gasteiger partial charge in [-0.3, -0.25) is 4.79 Å². The van der Waals surface area contributed by atoms with Crippen LogP contribution in [-0.2, 0) is 28.3 Å². The Hall–Kier alpha value is -1.51. The Morgan fingerprint density at radius 1 is 1.36 bits per heavy atom. The molecule has 3 rings (SSSR count). The van der Waals surface area contributed by atoms with Gasteiger partial charge in [-0.1, -0.05) is 36.8 Å². The predicted molar refractivity (Wildman–Crippen MR) is 99.9 cm³/mol. The minimum Gasteiger partial charge on any atom is -0.319 e. The monoisotopic (exact) mass is 381 g/mol. The maximum absolute atomic E-state index is 12.7. The van der Waals surface area contributed by atoms with E-state index < -0.39 is 16.1 Å². The van der Waals surface area contributed by atoms with Crippen molar-refractivity contribution in [2.24, 2.45) is 12.0 Å². The Morgan fingerprint density at radius 3 is 2.80 bits per heavy atom. The van der Waals surface area contributed by atoms with Crippen LogP contribution in [0.25, 0.3) is 10.2 Å². The van der Waals surface area contributed by atoms with Crippen molar-refractivity contribution < 1.29 is 13.2 Å². The molecule has 1 unspecified atom stereocenters. The van der Waals surface area contributed by atoms with Gasteiger partial charge in [-0.2, -0.15) is 9.30 Å². The standard InChI is InChI=1S/C17H23N3O3S2/c1-4-12-8-7-10-14-15(12)19(2)17(24-14)18-16(21)13-9-5-6-11-20(13)25(3,22)23/h7-8,10,13H,4-6,9,11H2,1-3H3. The van der Waals surface area contributed by atoms with Gasteiger partial charge in [-0.05, 0) is 30.9 Å². The maximum Gasteiger partial charge on any atom is 0.266 e. The van der Waals surface area contributed by atoms with Gasteiger partial charge >= 0.3 is 0 Å². The van der Waals surface area contributed by atoms with E-state index in [1.165, 1.54) is 21.2 Å². The Bertz CT molecular complexity index is 973. The van der Waals surface area contributed by atoms with Crippen molar-refractivity contribution >= 4 is 37.5 Å². The van der Waals surface area contributed by atoms with Crippen LogP contribution in [0.5, 0.6) is 0 Å². The molecule has 0 N–H and O–H groups in total. The van der Waals surface area contributed by atoms with Crippen molar-refractivity contribution in [2.75, 3.05) is 12.8 Å². The summed E-state index contributed by atoms with van der Waals surface area (Å²) >= 11 is 1.46. The SMILES string of the molecule is CCc1cccc2sc(=NC(=O)C3CCCCN3S(C)(=O)=O)n(C)c12. The molecule has 1 atom stereocenters. The van der Waals surface area contributed by atoms with E-state index in [1.54, 1.807) is 0 Å². The average molecular weight is 382 g/mol. The molecule has 2 aromatic rings. The van der Waals surface area contributed by atoms with Crippen molar-refractivity contribution in [1.29, 1.82) is 0 Å². The fraction of sp³-hybridized carbons (Fsp3) is 0.529. The number of amides is 1. The fourth-order valence-electron chi connectivity index (χ4n) is 3.39. The number of hydrogen-bond donors (Lipinski definition) is 0. The molecule has 1 aromatic heterocycles. The van der Waals surface area contributed by atoms with Crippen molar-refractivity contribution in [3.63, 3.8) is 0 Å². The lowest BCUT2D eigenvalue weighted by Gasteiger charge is -2.31. The zero-order valence-electron chi connectivity index (χ0n) is 14.7. The summed E-state index contributed by atoms with van der Waals surface area (Å²) in [5.74, 6) is -0.370.